The minimum atomic E-state index is -0.605. The summed E-state index contributed by atoms with van der Waals surface area (Å²) >= 11 is 0. The summed E-state index contributed by atoms with van der Waals surface area (Å²) in [5, 5.41) is 0. The summed E-state index contributed by atoms with van der Waals surface area (Å²) in [4.78, 5) is 11.0. The highest BCUT2D eigenvalue weighted by atomic mass is 19.1. The Labute approximate surface area is 83.8 Å². The van der Waals surface area contributed by atoms with Crippen LogP contribution in [0.15, 0.2) is 36.2 Å². The first-order chi connectivity index (χ1) is 6.52. The number of carbonyl (C=O) groups is 1. The van der Waals surface area contributed by atoms with E-state index in [9.17, 15) is 9.18 Å². The molecule has 0 aliphatic rings. The highest BCUT2D eigenvalue weighted by Crippen LogP contribution is 2.15. The van der Waals surface area contributed by atoms with Gasteiger partial charge in [-0.2, -0.15) is 0 Å². The first kappa shape index (κ1) is 12.6. The van der Waals surface area contributed by atoms with Crippen LogP contribution in [0.5, 0.6) is 0 Å². The van der Waals surface area contributed by atoms with Gasteiger partial charge in [-0.3, -0.25) is 0 Å². The van der Waals surface area contributed by atoms with Gasteiger partial charge in [0.05, 0.1) is 12.2 Å². The second-order valence-electron chi connectivity index (χ2n) is 2.70. The van der Waals surface area contributed by atoms with Crippen molar-refractivity contribution in [2.45, 2.75) is 20.3 Å². The van der Waals surface area contributed by atoms with Gasteiger partial charge < -0.3 is 4.74 Å². The lowest BCUT2D eigenvalue weighted by atomic mass is 10.1. The maximum absolute atomic E-state index is 13.1. The number of hydrogen-bond donors (Lipinski definition) is 0. The molecule has 0 fully saturated rings. The molecule has 0 N–H and O–H groups in total. The molecule has 0 aliphatic carbocycles. The average Bonchev–Trinajstić information content (AvgIpc) is 2.16. The zero-order chi connectivity index (χ0) is 11.1. The molecule has 0 aromatic rings. The zero-order valence-corrected chi connectivity index (χ0v) is 8.60. The summed E-state index contributed by atoms with van der Waals surface area (Å²) in [6.45, 7) is 10.6. The van der Waals surface area contributed by atoms with Crippen molar-refractivity contribution in [2.24, 2.45) is 0 Å². The third kappa shape index (κ3) is 4.03. The van der Waals surface area contributed by atoms with E-state index in [0.29, 0.717) is 12.0 Å². The van der Waals surface area contributed by atoms with Crippen molar-refractivity contribution in [1.29, 1.82) is 0 Å². The molecule has 2 nitrogen and oxygen atoms in total. The Kier molecular flexibility index (Phi) is 5.53. The van der Waals surface area contributed by atoms with Crippen molar-refractivity contribution in [2.75, 3.05) is 6.61 Å². The number of ether oxygens (including phenoxy) is 1. The Morgan fingerprint density at radius 2 is 2.00 bits per heavy atom. The maximum atomic E-state index is 13.1. The van der Waals surface area contributed by atoms with Gasteiger partial charge in [0.2, 0.25) is 0 Å². The van der Waals surface area contributed by atoms with E-state index in [-0.39, 0.29) is 12.2 Å². The topological polar surface area (TPSA) is 26.3 Å². The number of esters is 1. The Morgan fingerprint density at radius 3 is 2.43 bits per heavy atom. The van der Waals surface area contributed by atoms with Crippen LogP contribution < -0.4 is 0 Å². The first-order valence-corrected chi connectivity index (χ1v) is 4.44. The number of halogens is 1. The van der Waals surface area contributed by atoms with Crippen molar-refractivity contribution in [3.63, 3.8) is 0 Å². The summed E-state index contributed by atoms with van der Waals surface area (Å²) in [6.07, 6.45) is 1.54. The summed E-state index contributed by atoms with van der Waals surface area (Å²) in [5.41, 5.74) is 0.342. The lowest BCUT2D eigenvalue weighted by Crippen LogP contribution is -2.05. The molecule has 0 rings (SSSR count). The molecule has 0 aromatic heterocycles. The van der Waals surface area contributed by atoms with Crippen LogP contribution in [-0.2, 0) is 9.53 Å². The molecule has 0 saturated heterocycles. The van der Waals surface area contributed by atoms with Gasteiger partial charge in [0.1, 0.15) is 5.83 Å². The minimum Gasteiger partial charge on any atom is -0.462 e. The first-order valence-electron chi connectivity index (χ1n) is 4.44. The quantitative estimate of drug-likeness (QED) is 0.385. The fourth-order valence-corrected chi connectivity index (χ4v) is 0.707. The van der Waals surface area contributed by atoms with E-state index in [1.54, 1.807) is 13.8 Å². The van der Waals surface area contributed by atoms with Crippen LogP contribution in [0.3, 0.4) is 0 Å². The molecule has 0 aliphatic heterocycles. The fraction of sp³-hybridized carbons (Fsp3) is 0.364. The second kappa shape index (κ2) is 6.13. The maximum Gasteiger partial charge on any atom is 0.337 e. The minimum absolute atomic E-state index is 0.000972. The van der Waals surface area contributed by atoms with E-state index in [0.717, 1.165) is 6.08 Å². The predicted molar refractivity (Wildman–Crippen MR) is 54.4 cm³/mol. The van der Waals surface area contributed by atoms with Gasteiger partial charge in [0, 0.05) is 0 Å². The van der Waals surface area contributed by atoms with Crippen molar-refractivity contribution in [1.82, 2.24) is 0 Å². The van der Waals surface area contributed by atoms with Gasteiger partial charge >= 0.3 is 5.97 Å². The molecule has 0 atom stereocenters. The number of allylic oxidation sites excluding steroid dienone is 2. The van der Waals surface area contributed by atoms with E-state index in [4.69, 9.17) is 0 Å². The normalized spacial score (nSPS) is 10.9. The van der Waals surface area contributed by atoms with Crippen molar-refractivity contribution in [3.8, 4) is 0 Å². The molecule has 78 valence electrons. The molecule has 0 spiro atoms. The SMILES string of the molecule is C=C(/C=C(/F)C(=C)CC)C(=O)OCC. The molecule has 0 saturated carbocycles. The van der Waals surface area contributed by atoms with E-state index in [1.807, 2.05) is 0 Å². The monoisotopic (exact) mass is 198 g/mol. The van der Waals surface area contributed by atoms with Crippen molar-refractivity contribution < 1.29 is 13.9 Å². The highest BCUT2D eigenvalue weighted by molar-refractivity contribution is 5.91. The third-order valence-corrected chi connectivity index (χ3v) is 1.60. The standard InChI is InChI=1S/C11H15FO2/c1-5-8(3)10(12)7-9(4)11(13)14-6-2/h7H,3-6H2,1-2H3/b10-7+. The molecule has 0 heterocycles. The summed E-state index contributed by atoms with van der Waals surface area (Å²) in [5.74, 6) is -1.13. The predicted octanol–water partition coefficient (Wildman–Crippen LogP) is 2.93. The summed E-state index contributed by atoms with van der Waals surface area (Å²) in [6, 6.07) is 0. The van der Waals surface area contributed by atoms with Crippen LogP contribution in [0.1, 0.15) is 20.3 Å². The van der Waals surface area contributed by atoms with Crippen LogP contribution in [0.2, 0.25) is 0 Å². The molecule has 0 aromatic carbocycles. The third-order valence-electron chi connectivity index (χ3n) is 1.60. The average molecular weight is 198 g/mol. The fourth-order valence-electron chi connectivity index (χ4n) is 0.707. The van der Waals surface area contributed by atoms with Gasteiger partial charge in [-0.05, 0) is 25.0 Å². The van der Waals surface area contributed by atoms with Crippen molar-refractivity contribution in [3.05, 3.63) is 36.2 Å². The Hall–Kier alpha value is -1.38. The number of rotatable bonds is 5. The highest BCUT2D eigenvalue weighted by Gasteiger charge is 2.07. The molecular weight excluding hydrogens is 183 g/mol. The van der Waals surface area contributed by atoms with Gasteiger partial charge in [-0.15, -0.1) is 0 Å². The lowest BCUT2D eigenvalue weighted by Gasteiger charge is -2.02. The van der Waals surface area contributed by atoms with Crippen LogP contribution >= 0.6 is 0 Å². The largest absolute Gasteiger partial charge is 0.462 e. The van der Waals surface area contributed by atoms with Crippen LogP contribution in [0, 0.1) is 0 Å². The number of carbonyl (C=O) groups excluding carboxylic acids is 1. The molecule has 3 heteroatoms. The second-order valence-corrected chi connectivity index (χ2v) is 2.70. The molecule has 0 radical (unpaired) electrons. The van der Waals surface area contributed by atoms with Crippen molar-refractivity contribution >= 4 is 5.97 Å². The molecular formula is C11H15FO2. The smallest absolute Gasteiger partial charge is 0.337 e. The van der Waals surface area contributed by atoms with Gasteiger partial charge in [-0.1, -0.05) is 20.1 Å². The number of hydrogen-bond acceptors (Lipinski definition) is 2. The van der Waals surface area contributed by atoms with E-state index >= 15 is 0 Å². The molecule has 0 unspecified atom stereocenters. The van der Waals surface area contributed by atoms with E-state index in [1.165, 1.54) is 0 Å². The van der Waals surface area contributed by atoms with E-state index in [2.05, 4.69) is 17.9 Å². The zero-order valence-electron chi connectivity index (χ0n) is 8.60. The van der Waals surface area contributed by atoms with Crippen LogP contribution in [0.4, 0.5) is 4.39 Å². The van der Waals surface area contributed by atoms with Gasteiger partial charge in [0.15, 0.2) is 0 Å². The van der Waals surface area contributed by atoms with E-state index < -0.39 is 11.8 Å². The van der Waals surface area contributed by atoms with Gasteiger partial charge in [0.25, 0.3) is 0 Å². The van der Waals surface area contributed by atoms with Crippen LogP contribution in [-0.4, -0.2) is 12.6 Å². The molecule has 0 bridgehead atoms. The summed E-state index contributed by atoms with van der Waals surface area (Å²) < 4.78 is 17.8. The van der Waals surface area contributed by atoms with Gasteiger partial charge in [-0.25, -0.2) is 9.18 Å². The Morgan fingerprint density at radius 1 is 1.43 bits per heavy atom. The Bertz CT molecular complexity index is 277. The van der Waals surface area contributed by atoms with Crippen LogP contribution in [0.25, 0.3) is 0 Å². The summed E-state index contributed by atoms with van der Waals surface area (Å²) in [7, 11) is 0. The molecule has 0 amide bonds. The lowest BCUT2D eigenvalue weighted by molar-refractivity contribution is -0.138. The Balaban J connectivity index is 4.43. The molecule has 14 heavy (non-hydrogen) atoms.